The van der Waals surface area contributed by atoms with Gasteiger partial charge in [-0.25, -0.2) is 15.0 Å². The van der Waals surface area contributed by atoms with Gasteiger partial charge < -0.3 is 24.3 Å². The molecule has 3 N–H and O–H groups in total. The summed E-state index contributed by atoms with van der Waals surface area (Å²) in [5, 5.41) is 0.722. The van der Waals surface area contributed by atoms with E-state index in [-0.39, 0.29) is 4.75 Å². The van der Waals surface area contributed by atoms with Crippen LogP contribution in [0, 0.1) is 3.57 Å². The largest absolute Gasteiger partial charge is 0.598 e. The summed E-state index contributed by atoms with van der Waals surface area (Å²) in [5.74, 6) is 1.80. The van der Waals surface area contributed by atoms with Gasteiger partial charge in [0, 0.05) is 26.4 Å². The van der Waals surface area contributed by atoms with Gasteiger partial charge in [0.2, 0.25) is 0 Å². The molecular weight excluding hydrogens is 551 g/mol. The van der Waals surface area contributed by atoms with Crippen LogP contribution in [0.1, 0.15) is 20.8 Å². The molecule has 1 aromatic carbocycles. The van der Waals surface area contributed by atoms with E-state index in [4.69, 9.17) is 20.2 Å². The average molecular weight is 574 g/mol. The summed E-state index contributed by atoms with van der Waals surface area (Å²) < 4.78 is 29.5. The number of nitrogens with two attached hydrogens (primary N) is 1. The maximum absolute atomic E-state index is 12.4. The fourth-order valence-corrected chi connectivity index (χ4v) is 5.32. The molecule has 3 aromatic rings. The van der Waals surface area contributed by atoms with E-state index in [1.54, 1.807) is 0 Å². The number of nitrogen functional groups attached to an aromatic ring is 1. The molecule has 2 aromatic heterocycles. The van der Waals surface area contributed by atoms with Crippen LogP contribution in [0.15, 0.2) is 28.5 Å². The molecule has 4 rings (SSSR count). The number of imidazole rings is 1. The number of nitrogens with one attached hydrogen (secondary N) is 1. The zero-order chi connectivity index (χ0) is 22.2. The molecule has 3 heterocycles. The molecule has 1 aliphatic heterocycles. The van der Waals surface area contributed by atoms with Gasteiger partial charge in [-0.15, -0.1) is 4.72 Å². The highest BCUT2D eigenvalue weighted by Gasteiger charge is 2.26. The van der Waals surface area contributed by atoms with Gasteiger partial charge in [0.25, 0.3) is 0 Å². The molecule has 31 heavy (non-hydrogen) atoms. The number of fused-ring (bicyclic) bond motifs is 2. The van der Waals surface area contributed by atoms with E-state index < -0.39 is 11.4 Å². The Bertz CT molecular complexity index is 1100. The topological polar surface area (TPSA) is 123 Å². The van der Waals surface area contributed by atoms with Crippen LogP contribution in [0.3, 0.4) is 0 Å². The standard InChI is InChI=1S/C19H23IN6O3S2/c1-19(2,3)31(27)24-4-5-26-17-15(16(21)22-10-23-17)25-18(26)30-14-9-13-12(8-11(14)20)28-6-7-29-13/h8-10,24H,4-7H2,1-3H3,(H2,21,22,23). The third-order valence-corrected chi connectivity index (χ3v) is 8.34. The number of benzene rings is 1. The van der Waals surface area contributed by atoms with Gasteiger partial charge in [0.1, 0.15) is 24.3 Å². The van der Waals surface area contributed by atoms with Gasteiger partial charge in [0.05, 0.1) is 6.54 Å². The van der Waals surface area contributed by atoms with Crippen molar-refractivity contribution in [1.82, 2.24) is 24.2 Å². The normalized spacial score (nSPS) is 14.7. The molecule has 0 saturated carbocycles. The molecule has 1 atom stereocenters. The van der Waals surface area contributed by atoms with E-state index in [1.165, 1.54) is 18.1 Å². The summed E-state index contributed by atoms with van der Waals surface area (Å²) in [4.78, 5) is 14.1. The van der Waals surface area contributed by atoms with E-state index in [0.29, 0.717) is 43.3 Å². The molecule has 0 saturated heterocycles. The highest BCUT2D eigenvalue weighted by atomic mass is 127. The second kappa shape index (κ2) is 9.17. The highest BCUT2D eigenvalue weighted by Crippen LogP contribution is 2.40. The lowest BCUT2D eigenvalue weighted by Gasteiger charge is -2.23. The Hall–Kier alpha value is -1.48. The smallest absolute Gasteiger partial charge is 0.175 e. The SMILES string of the molecule is CC(C)(C)[S+]([O-])NCCn1c(Sc2cc3c(cc2I)OCCO3)nc2c(N)ncnc21. The summed E-state index contributed by atoms with van der Waals surface area (Å²) >= 11 is 2.61. The van der Waals surface area contributed by atoms with E-state index in [9.17, 15) is 4.55 Å². The molecule has 166 valence electrons. The van der Waals surface area contributed by atoms with Crippen molar-refractivity contribution in [2.75, 3.05) is 25.5 Å². The predicted molar refractivity (Wildman–Crippen MR) is 130 cm³/mol. The number of rotatable bonds is 6. The molecule has 0 aliphatic carbocycles. The van der Waals surface area contributed by atoms with Crippen LogP contribution in [0.25, 0.3) is 11.2 Å². The Morgan fingerprint density at radius 1 is 1.26 bits per heavy atom. The first-order valence-electron chi connectivity index (χ1n) is 9.63. The Morgan fingerprint density at radius 3 is 2.68 bits per heavy atom. The Balaban J connectivity index is 1.64. The van der Waals surface area contributed by atoms with Crippen molar-refractivity contribution in [1.29, 1.82) is 0 Å². The third kappa shape index (κ3) is 4.97. The molecule has 0 bridgehead atoms. The number of anilines is 1. The fraction of sp³-hybridized carbons (Fsp3) is 0.421. The first kappa shape index (κ1) is 22.7. The van der Waals surface area contributed by atoms with Crippen LogP contribution in [0.2, 0.25) is 0 Å². The lowest BCUT2D eigenvalue weighted by Crippen LogP contribution is -2.40. The summed E-state index contributed by atoms with van der Waals surface area (Å²) in [6.45, 7) is 7.89. The zero-order valence-electron chi connectivity index (χ0n) is 17.3. The van der Waals surface area contributed by atoms with Crippen molar-refractivity contribution in [2.24, 2.45) is 0 Å². The molecular formula is C19H23IN6O3S2. The molecule has 12 heteroatoms. The van der Waals surface area contributed by atoms with Crippen LogP contribution in [-0.2, 0) is 17.9 Å². The predicted octanol–water partition coefficient (Wildman–Crippen LogP) is 2.99. The van der Waals surface area contributed by atoms with Crippen molar-refractivity contribution in [3.63, 3.8) is 0 Å². The number of ether oxygens (including phenoxy) is 2. The first-order valence-corrected chi connectivity index (χ1v) is 12.7. The second-order valence-electron chi connectivity index (χ2n) is 7.78. The monoisotopic (exact) mass is 574 g/mol. The molecule has 1 unspecified atom stereocenters. The van der Waals surface area contributed by atoms with Gasteiger partial charge >= 0.3 is 0 Å². The average Bonchev–Trinajstić information content (AvgIpc) is 3.06. The minimum atomic E-state index is -1.17. The Kier molecular flexibility index (Phi) is 6.72. The Labute approximate surface area is 201 Å². The van der Waals surface area contributed by atoms with Crippen molar-refractivity contribution >= 4 is 62.7 Å². The van der Waals surface area contributed by atoms with Gasteiger partial charge in [-0.1, -0.05) is 11.8 Å². The van der Waals surface area contributed by atoms with Crippen molar-refractivity contribution in [2.45, 2.75) is 42.1 Å². The quantitative estimate of drug-likeness (QED) is 0.338. The molecule has 9 nitrogen and oxygen atoms in total. The van der Waals surface area contributed by atoms with Crippen LogP contribution >= 0.6 is 34.4 Å². The lowest BCUT2D eigenvalue weighted by molar-refractivity contribution is 0.171. The summed E-state index contributed by atoms with van der Waals surface area (Å²) in [6, 6.07) is 3.93. The van der Waals surface area contributed by atoms with E-state index in [0.717, 1.165) is 25.1 Å². The number of aromatic nitrogens is 4. The van der Waals surface area contributed by atoms with Crippen molar-refractivity contribution < 1.29 is 14.0 Å². The summed E-state index contributed by atoms with van der Waals surface area (Å²) in [7, 11) is 0. The van der Waals surface area contributed by atoms with Crippen LogP contribution in [-0.4, -0.2) is 48.6 Å². The fourth-order valence-electron chi connectivity index (χ4n) is 2.90. The molecule has 0 spiro atoms. The van der Waals surface area contributed by atoms with Crippen LogP contribution in [0.4, 0.5) is 5.82 Å². The van der Waals surface area contributed by atoms with Gasteiger partial charge in [-0.3, -0.25) is 0 Å². The van der Waals surface area contributed by atoms with Crippen LogP contribution < -0.4 is 19.9 Å². The van der Waals surface area contributed by atoms with E-state index in [2.05, 4.69) is 37.3 Å². The third-order valence-electron chi connectivity index (χ3n) is 4.45. The molecule has 0 amide bonds. The lowest BCUT2D eigenvalue weighted by atomic mass is 10.3. The van der Waals surface area contributed by atoms with Crippen molar-refractivity contribution in [3.05, 3.63) is 22.0 Å². The summed E-state index contributed by atoms with van der Waals surface area (Å²) in [5.41, 5.74) is 7.24. The first-order chi connectivity index (χ1) is 14.7. The number of hydrogen-bond acceptors (Lipinski definition) is 9. The van der Waals surface area contributed by atoms with E-state index >= 15 is 0 Å². The number of hydrogen-bond donors (Lipinski definition) is 2. The zero-order valence-corrected chi connectivity index (χ0v) is 21.1. The second-order valence-corrected chi connectivity index (χ2v) is 12.0. The minimum absolute atomic E-state index is 0.327. The Morgan fingerprint density at radius 2 is 1.97 bits per heavy atom. The highest BCUT2D eigenvalue weighted by molar-refractivity contribution is 14.1. The minimum Gasteiger partial charge on any atom is -0.598 e. The van der Waals surface area contributed by atoms with Gasteiger partial charge in [-0.2, -0.15) is 0 Å². The van der Waals surface area contributed by atoms with Crippen LogP contribution in [0.5, 0.6) is 11.5 Å². The maximum atomic E-state index is 12.4. The van der Waals surface area contributed by atoms with Gasteiger partial charge in [0.15, 0.2) is 33.6 Å². The number of halogens is 1. The molecule has 0 radical (unpaired) electrons. The number of nitrogens with zero attached hydrogens (tertiary/aromatic N) is 4. The van der Waals surface area contributed by atoms with Crippen molar-refractivity contribution in [3.8, 4) is 11.5 Å². The maximum Gasteiger partial charge on any atom is 0.175 e. The van der Waals surface area contributed by atoms with Gasteiger partial charge in [-0.05, 0) is 55.5 Å². The molecule has 1 aliphatic rings. The molecule has 0 fully saturated rings. The van der Waals surface area contributed by atoms with E-state index in [1.807, 2.05) is 37.5 Å². The summed E-state index contributed by atoms with van der Waals surface area (Å²) in [6.07, 6.45) is 1.43.